The number of rotatable bonds is 6. The minimum atomic E-state index is -0.697. The standard InChI is InChI=1S/C12H23NO2/c1-9(12(14)15)8-13(3)10(2)7-11-5-4-6-11/h9-11H,4-8H2,1-3H3,(H,14,15). The van der Waals surface area contributed by atoms with Crippen molar-refractivity contribution in [2.24, 2.45) is 11.8 Å². The van der Waals surface area contributed by atoms with Crippen molar-refractivity contribution in [2.45, 2.75) is 45.6 Å². The maximum atomic E-state index is 10.7. The summed E-state index contributed by atoms with van der Waals surface area (Å²) in [5, 5.41) is 8.83. The van der Waals surface area contributed by atoms with E-state index in [1.807, 2.05) is 7.05 Å². The lowest BCUT2D eigenvalue weighted by atomic mass is 9.81. The summed E-state index contributed by atoms with van der Waals surface area (Å²) in [4.78, 5) is 12.9. The number of nitrogens with zero attached hydrogens (tertiary/aromatic N) is 1. The third-order valence-electron chi connectivity index (χ3n) is 3.64. The van der Waals surface area contributed by atoms with Crippen LogP contribution in [-0.4, -0.2) is 35.6 Å². The van der Waals surface area contributed by atoms with Crippen molar-refractivity contribution in [1.29, 1.82) is 0 Å². The van der Waals surface area contributed by atoms with Crippen molar-refractivity contribution >= 4 is 5.97 Å². The molecule has 0 saturated heterocycles. The number of hydrogen-bond donors (Lipinski definition) is 1. The Balaban J connectivity index is 2.24. The second-order valence-electron chi connectivity index (χ2n) is 5.06. The molecular formula is C12H23NO2. The second-order valence-corrected chi connectivity index (χ2v) is 5.06. The van der Waals surface area contributed by atoms with Gasteiger partial charge in [-0.1, -0.05) is 26.2 Å². The van der Waals surface area contributed by atoms with E-state index >= 15 is 0 Å². The first kappa shape index (κ1) is 12.5. The minimum absolute atomic E-state index is 0.265. The van der Waals surface area contributed by atoms with Crippen LogP contribution in [0.5, 0.6) is 0 Å². The fraction of sp³-hybridized carbons (Fsp3) is 0.917. The van der Waals surface area contributed by atoms with E-state index < -0.39 is 5.97 Å². The largest absolute Gasteiger partial charge is 0.481 e. The van der Waals surface area contributed by atoms with Crippen LogP contribution < -0.4 is 0 Å². The van der Waals surface area contributed by atoms with E-state index in [0.29, 0.717) is 12.6 Å². The summed E-state index contributed by atoms with van der Waals surface area (Å²) in [5.41, 5.74) is 0. The van der Waals surface area contributed by atoms with E-state index in [0.717, 1.165) is 5.92 Å². The minimum Gasteiger partial charge on any atom is -0.481 e. The maximum Gasteiger partial charge on any atom is 0.307 e. The second kappa shape index (κ2) is 5.50. The van der Waals surface area contributed by atoms with Crippen LogP contribution in [0.1, 0.15) is 39.5 Å². The van der Waals surface area contributed by atoms with Gasteiger partial charge in [0.15, 0.2) is 0 Å². The van der Waals surface area contributed by atoms with Gasteiger partial charge in [-0.25, -0.2) is 0 Å². The monoisotopic (exact) mass is 213 g/mol. The van der Waals surface area contributed by atoms with Crippen LogP contribution in [0.3, 0.4) is 0 Å². The van der Waals surface area contributed by atoms with Crippen LogP contribution in [0.15, 0.2) is 0 Å². The zero-order valence-corrected chi connectivity index (χ0v) is 10.1. The highest BCUT2D eigenvalue weighted by atomic mass is 16.4. The van der Waals surface area contributed by atoms with Crippen LogP contribution in [-0.2, 0) is 4.79 Å². The van der Waals surface area contributed by atoms with Crippen LogP contribution in [0.4, 0.5) is 0 Å². The molecule has 3 nitrogen and oxygen atoms in total. The van der Waals surface area contributed by atoms with Crippen molar-refractivity contribution in [3.8, 4) is 0 Å². The van der Waals surface area contributed by atoms with Gasteiger partial charge in [0.2, 0.25) is 0 Å². The molecule has 1 rings (SSSR count). The molecule has 0 spiro atoms. The Morgan fingerprint density at radius 3 is 2.47 bits per heavy atom. The third kappa shape index (κ3) is 3.82. The van der Waals surface area contributed by atoms with E-state index in [1.165, 1.54) is 25.7 Å². The summed E-state index contributed by atoms with van der Waals surface area (Å²) < 4.78 is 0. The molecule has 3 heteroatoms. The Labute approximate surface area is 92.5 Å². The zero-order chi connectivity index (χ0) is 11.4. The van der Waals surface area contributed by atoms with E-state index in [-0.39, 0.29) is 5.92 Å². The molecule has 0 aliphatic heterocycles. The molecule has 88 valence electrons. The molecule has 0 aromatic rings. The van der Waals surface area contributed by atoms with Crippen LogP contribution in [0, 0.1) is 11.8 Å². The van der Waals surface area contributed by atoms with Gasteiger partial charge >= 0.3 is 5.97 Å². The summed E-state index contributed by atoms with van der Waals surface area (Å²) >= 11 is 0. The van der Waals surface area contributed by atoms with Gasteiger partial charge in [-0.15, -0.1) is 0 Å². The predicted octanol–water partition coefficient (Wildman–Crippen LogP) is 2.22. The van der Waals surface area contributed by atoms with Gasteiger partial charge in [-0.3, -0.25) is 4.79 Å². The van der Waals surface area contributed by atoms with Crippen molar-refractivity contribution in [2.75, 3.05) is 13.6 Å². The number of carbonyl (C=O) groups is 1. The molecule has 2 unspecified atom stereocenters. The first-order valence-electron chi connectivity index (χ1n) is 5.93. The van der Waals surface area contributed by atoms with E-state index in [2.05, 4.69) is 11.8 Å². The smallest absolute Gasteiger partial charge is 0.307 e. The Morgan fingerprint density at radius 2 is 2.07 bits per heavy atom. The van der Waals surface area contributed by atoms with Crippen molar-refractivity contribution in [1.82, 2.24) is 4.90 Å². The predicted molar refractivity (Wildman–Crippen MR) is 60.8 cm³/mol. The fourth-order valence-electron chi connectivity index (χ4n) is 2.08. The Bertz CT molecular complexity index is 214. The van der Waals surface area contributed by atoms with Gasteiger partial charge < -0.3 is 10.0 Å². The maximum absolute atomic E-state index is 10.7. The lowest BCUT2D eigenvalue weighted by Gasteiger charge is -2.33. The molecule has 1 N–H and O–H groups in total. The normalized spacial score (nSPS) is 21.1. The zero-order valence-electron chi connectivity index (χ0n) is 10.1. The topological polar surface area (TPSA) is 40.5 Å². The highest BCUT2D eigenvalue weighted by molar-refractivity contribution is 5.69. The molecule has 1 saturated carbocycles. The summed E-state index contributed by atoms with van der Waals surface area (Å²) in [5.74, 6) is -0.0703. The number of hydrogen-bond acceptors (Lipinski definition) is 2. The summed E-state index contributed by atoms with van der Waals surface area (Å²) in [6, 6.07) is 0.511. The van der Waals surface area contributed by atoms with Crippen LogP contribution >= 0.6 is 0 Å². The summed E-state index contributed by atoms with van der Waals surface area (Å²) in [7, 11) is 2.03. The third-order valence-corrected chi connectivity index (χ3v) is 3.64. The Hall–Kier alpha value is -0.570. The summed E-state index contributed by atoms with van der Waals surface area (Å²) in [6.45, 7) is 4.63. The lowest BCUT2D eigenvalue weighted by Crippen LogP contribution is -2.37. The average Bonchev–Trinajstić information content (AvgIpc) is 2.10. The van der Waals surface area contributed by atoms with E-state index in [1.54, 1.807) is 6.92 Å². The molecular weight excluding hydrogens is 190 g/mol. The van der Waals surface area contributed by atoms with Gasteiger partial charge in [0.25, 0.3) is 0 Å². The number of carboxylic acids is 1. The van der Waals surface area contributed by atoms with Gasteiger partial charge in [0.1, 0.15) is 0 Å². The molecule has 1 aliphatic rings. The fourth-order valence-corrected chi connectivity index (χ4v) is 2.08. The highest BCUT2D eigenvalue weighted by Gasteiger charge is 2.23. The first-order valence-corrected chi connectivity index (χ1v) is 5.93. The molecule has 0 aromatic heterocycles. The summed E-state index contributed by atoms with van der Waals surface area (Å²) in [6.07, 6.45) is 5.34. The van der Waals surface area contributed by atoms with Gasteiger partial charge in [-0.05, 0) is 26.3 Å². The first-order chi connectivity index (χ1) is 7.00. The molecule has 0 radical (unpaired) electrons. The quantitative estimate of drug-likeness (QED) is 0.735. The highest BCUT2D eigenvalue weighted by Crippen LogP contribution is 2.31. The van der Waals surface area contributed by atoms with Gasteiger partial charge in [0.05, 0.1) is 5.92 Å². The van der Waals surface area contributed by atoms with Gasteiger partial charge in [0, 0.05) is 12.6 Å². The molecule has 0 amide bonds. The molecule has 0 aromatic carbocycles. The van der Waals surface area contributed by atoms with Crippen LogP contribution in [0.25, 0.3) is 0 Å². The van der Waals surface area contributed by atoms with E-state index in [9.17, 15) is 4.79 Å². The van der Waals surface area contributed by atoms with Crippen molar-refractivity contribution in [3.63, 3.8) is 0 Å². The number of carboxylic acid groups (broad SMARTS) is 1. The number of aliphatic carboxylic acids is 1. The van der Waals surface area contributed by atoms with Crippen LogP contribution in [0.2, 0.25) is 0 Å². The Morgan fingerprint density at radius 1 is 1.47 bits per heavy atom. The van der Waals surface area contributed by atoms with E-state index in [4.69, 9.17) is 5.11 Å². The molecule has 1 aliphatic carbocycles. The Kier molecular flexibility index (Phi) is 4.58. The molecule has 15 heavy (non-hydrogen) atoms. The van der Waals surface area contributed by atoms with Crippen molar-refractivity contribution in [3.05, 3.63) is 0 Å². The average molecular weight is 213 g/mol. The molecule has 2 atom stereocenters. The lowest BCUT2D eigenvalue weighted by molar-refractivity contribution is -0.141. The molecule has 0 bridgehead atoms. The molecule has 1 fully saturated rings. The van der Waals surface area contributed by atoms with Crippen molar-refractivity contribution < 1.29 is 9.90 Å². The van der Waals surface area contributed by atoms with Gasteiger partial charge in [-0.2, -0.15) is 0 Å². The molecule has 0 heterocycles. The SMILES string of the molecule is CC(CN(C)C(C)CC1CCC1)C(=O)O.